The summed E-state index contributed by atoms with van der Waals surface area (Å²) >= 11 is 1.61. The third-order valence-corrected chi connectivity index (χ3v) is 7.56. The van der Waals surface area contributed by atoms with Crippen LogP contribution < -0.4 is 10.2 Å². The van der Waals surface area contributed by atoms with Crippen LogP contribution in [-0.2, 0) is 11.2 Å². The Labute approximate surface area is 206 Å². The van der Waals surface area contributed by atoms with Gasteiger partial charge in [0.05, 0.1) is 5.75 Å². The molecule has 3 aromatic carbocycles. The molecule has 0 spiro atoms. The van der Waals surface area contributed by atoms with E-state index in [1.165, 1.54) is 36.0 Å². The molecular formula is C29H32N2O2S. The van der Waals surface area contributed by atoms with Gasteiger partial charge in [-0.2, -0.15) is 0 Å². The Kier molecular flexibility index (Phi) is 7.73. The number of hydrogen-bond acceptors (Lipinski definition) is 3. The predicted molar refractivity (Wildman–Crippen MR) is 143 cm³/mol. The van der Waals surface area contributed by atoms with Crippen LogP contribution in [0.25, 0.3) is 0 Å². The van der Waals surface area contributed by atoms with Crippen molar-refractivity contribution in [2.45, 2.75) is 51.8 Å². The van der Waals surface area contributed by atoms with E-state index in [0.717, 1.165) is 23.4 Å². The van der Waals surface area contributed by atoms with Crippen LogP contribution in [0.1, 0.15) is 64.2 Å². The lowest BCUT2D eigenvalue weighted by molar-refractivity contribution is -0.115. The summed E-state index contributed by atoms with van der Waals surface area (Å²) in [7, 11) is 0. The van der Waals surface area contributed by atoms with Crippen molar-refractivity contribution in [2.24, 2.45) is 0 Å². The van der Waals surface area contributed by atoms with E-state index in [0.29, 0.717) is 11.3 Å². The number of aryl methyl sites for hydroxylation is 3. The highest BCUT2D eigenvalue weighted by Gasteiger charge is 2.34. The summed E-state index contributed by atoms with van der Waals surface area (Å²) in [6.07, 6.45) is 4.65. The van der Waals surface area contributed by atoms with E-state index in [9.17, 15) is 9.59 Å². The molecule has 1 fully saturated rings. The molecular weight excluding hydrogens is 440 g/mol. The molecule has 1 aliphatic heterocycles. The van der Waals surface area contributed by atoms with Crippen LogP contribution in [0.2, 0.25) is 0 Å². The molecule has 176 valence electrons. The molecule has 0 aliphatic carbocycles. The fourth-order valence-electron chi connectivity index (χ4n) is 4.20. The number of amides is 2. The number of carbonyl (C=O) groups is 2. The van der Waals surface area contributed by atoms with Crippen LogP contribution in [0.5, 0.6) is 0 Å². The molecule has 3 aromatic rings. The summed E-state index contributed by atoms with van der Waals surface area (Å²) in [5, 5.41) is 2.91. The maximum Gasteiger partial charge on any atom is 0.255 e. The van der Waals surface area contributed by atoms with E-state index < -0.39 is 0 Å². The fraction of sp³-hybridized carbons (Fsp3) is 0.310. The van der Waals surface area contributed by atoms with Crippen molar-refractivity contribution in [2.75, 3.05) is 16.0 Å². The number of carbonyl (C=O) groups excluding carboxylic acids is 2. The third-order valence-electron chi connectivity index (χ3n) is 6.35. The zero-order valence-corrected chi connectivity index (χ0v) is 21.0. The Bertz CT molecular complexity index is 1170. The molecule has 34 heavy (non-hydrogen) atoms. The molecule has 0 aromatic heterocycles. The third kappa shape index (κ3) is 5.53. The fourth-order valence-corrected chi connectivity index (χ4v) is 5.37. The van der Waals surface area contributed by atoms with Gasteiger partial charge in [-0.05, 0) is 85.3 Å². The molecule has 0 saturated carbocycles. The maximum absolute atomic E-state index is 12.8. The summed E-state index contributed by atoms with van der Waals surface area (Å²) in [6, 6.07) is 21.8. The first kappa shape index (κ1) is 24.1. The van der Waals surface area contributed by atoms with Gasteiger partial charge in [0.15, 0.2) is 0 Å². The largest absolute Gasteiger partial charge is 0.322 e. The molecule has 2 amide bonds. The van der Waals surface area contributed by atoms with Crippen LogP contribution in [0.4, 0.5) is 11.4 Å². The number of anilines is 2. The standard InChI is InChI=1S/C29H32N2O2S/c1-4-5-6-8-22-12-14-23(15-13-22)28(33)30-25-10-7-9-24(18-25)29-31(27(32)19-34-29)26-16-11-20(2)21(3)17-26/h7,9-18,29H,4-6,8,19H2,1-3H3,(H,30,33). The highest BCUT2D eigenvalue weighted by Crippen LogP contribution is 2.42. The van der Waals surface area contributed by atoms with Gasteiger partial charge in [-0.25, -0.2) is 0 Å². The van der Waals surface area contributed by atoms with Crippen molar-refractivity contribution < 1.29 is 9.59 Å². The summed E-state index contributed by atoms with van der Waals surface area (Å²) in [4.78, 5) is 27.5. The summed E-state index contributed by atoms with van der Waals surface area (Å²) in [6.45, 7) is 6.34. The van der Waals surface area contributed by atoms with Crippen LogP contribution in [0.3, 0.4) is 0 Å². The lowest BCUT2D eigenvalue weighted by Gasteiger charge is -2.25. The van der Waals surface area contributed by atoms with Gasteiger partial charge in [-0.3, -0.25) is 14.5 Å². The van der Waals surface area contributed by atoms with Gasteiger partial charge in [0, 0.05) is 16.9 Å². The topological polar surface area (TPSA) is 49.4 Å². The Balaban J connectivity index is 1.48. The Morgan fingerprint density at radius 3 is 2.53 bits per heavy atom. The van der Waals surface area contributed by atoms with E-state index in [1.54, 1.807) is 11.8 Å². The first-order valence-electron chi connectivity index (χ1n) is 12.0. The van der Waals surface area contributed by atoms with Gasteiger partial charge in [0.1, 0.15) is 5.37 Å². The van der Waals surface area contributed by atoms with Crippen molar-refractivity contribution in [3.05, 3.63) is 94.5 Å². The molecule has 1 heterocycles. The van der Waals surface area contributed by atoms with Crippen molar-refractivity contribution in [3.63, 3.8) is 0 Å². The van der Waals surface area contributed by atoms with Crippen LogP contribution in [0.15, 0.2) is 66.7 Å². The molecule has 5 heteroatoms. The van der Waals surface area contributed by atoms with Gasteiger partial charge in [-0.15, -0.1) is 11.8 Å². The second kappa shape index (κ2) is 10.9. The van der Waals surface area contributed by atoms with Gasteiger partial charge in [0.2, 0.25) is 5.91 Å². The molecule has 1 unspecified atom stereocenters. The monoisotopic (exact) mass is 472 g/mol. The lowest BCUT2D eigenvalue weighted by atomic mass is 10.0. The van der Waals surface area contributed by atoms with Gasteiger partial charge in [-0.1, -0.05) is 50.1 Å². The minimum absolute atomic E-state index is 0.103. The number of thioether (sulfide) groups is 1. The smallest absolute Gasteiger partial charge is 0.255 e. The average molecular weight is 473 g/mol. The SMILES string of the molecule is CCCCCc1ccc(C(=O)Nc2cccc(C3SCC(=O)N3c3ccc(C)c(C)c3)c2)cc1. The predicted octanol–water partition coefficient (Wildman–Crippen LogP) is 7.07. The van der Waals surface area contributed by atoms with Crippen LogP contribution in [0, 0.1) is 13.8 Å². The Morgan fingerprint density at radius 2 is 1.79 bits per heavy atom. The van der Waals surface area contributed by atoms with Gasteiger partial charge < -0.3 is 5.32 Å². The highest BCUT2D eigenvalue weighted by molar-refractivity contribution is 8.00. The average Bonchev–Trinajstić information content (AvgIpc) is 3.23. The van der Waals surface area contributed by atoms with Crippen LogP contribution in [-0.4, -0.2) is 17.6 Å². The normalized spacial score (nSPS) is 15.6. The van der Waals surface area contributed by atoms with Crippen molar-refractivity contribution in [1.29, 1.82) is 0 Å². The molecule has 0 bridgehead atoms. The number of hydrogen-bond donors (Lipinski definition) is 1. The van der Waals surface area contributed by atoms with E-state index in [4.69, 9.17) is 0 Å². The number of benzene rings is 3. The van der Waals surface area contributed by atoms with E-state index >= 15 is 0 Å². The Morgan fingerprint density at radius 1 is 1.00 bits per heavy atom. The summed E-state index contributed by atoms with van der Waals surface area (Å²) in [5.74, 6) is 0.420. The second-order valence-electron chi connectivity index (χ2n) is 8.93. The van der Waals surface area contributed by atoms with E-state index in [2.05, 4.69) is 38.2 Å². The van der Waals surface area contributed by atoms with Crippen LogP contribution >= 0.6 is 11.8 Å². The quantitative estimate of drug-likeness (QED) is 0.357. The molecule has 1 atom stereocenters. The zero-order valence-electron chi connectivity index (χ0n) is 20.1. The van der Waals surface area contributed by atoms with E-state index in [1.807, 2.05) is 59.5 Å². The van der Waals surface area contributed by atoms with Crippen molar-refractivity contribution >= 4 is 35.0 Å². The van der Waals surface area contributed by atoms with E-state index in [-0.39, 0.29) is 17.2 Å². The molecule has 4 nitrogen and oxygen atoms in total. The number of rotatable bonds is 8. The first-order chi connectivity index (χ1) is 16.5. The van der Waals surface area contributed by atoms with Gasteiger partial charge in [0.25, 0.3) is 5.91 Å². The molecule has 1 N–H and O–H groups in total. The van der Waals surface area contributed by atoms with Gasteiger partial charge >= 0.3 is 0 Å². The minimum atomic E-state index is -0.126. The summed E-state index contributed by atoms with van der Waals surface area (Å²) in [5.41, 5.74) is 6.93. The Hall–Kier alpha value is -3.05. The molecule has 4 rings (SSSR count). The van der Waals surface area contributed by atoms with Crippen molar-refractivity contribution in [1.82, 2.24) is 0 Å². The second-order valence-corrected chi connectivity index (χ2v) is 10.00. The highest BCUT2D eigenvalue weighted by atomic mass is 32.2. The first-order valence-corrected chi connectivity index (χ1v) is 13.0. The lowest BCUT2D eigenvalue weighted by Crippen LogP contribution is -2.28. The molecule has 0 radical (unpaired) electrons. The van der Waals surface area contributed by atoms with Crippen molar-refractivity contribution in [3.8, 4) is 0 Å². The molecule has 1 saturated heterocycles. The number of unbranched alkanes of at least 4 members (excludes halogenated alkanes) is 2. The zero-order chi connectivity index (χ0) is 24.1. The molecule has 1 aliphatic rings. The minimum Gasteiger partial charge on any atom is -0.322 e. The number of nitrogens with one attached hydrogen (secondary N) is 1. The number of nitrogens with zero attached hydrogens (tertiary/aromatic N) is 1. The maximum atomic E-state index is 12.8. The summed E-state index contributed by atoms with van der Waals surface area (Å²) < 4.78 is 0.